The number of morpholine rings is 1. The van der Waals surface area contributed by atoms with Gasteiger partial charge in [-0.2, -0.15) is 0 Å². The molecule has 0 aliphatic carbocycles. The molecule has 0 atom stereocenters. The summed E-state index contributed by atoms with van der Waals surface area (Å²) in [5.41, 5.74) is 0.525. The van der Waals surface area contributed by atoms with Gasteiger partial charge in [0.2, 0.25) is 0 Å². The van der Waals surface area contributed by atoms with Crippen LogP contribution >= 0.6 is 11.3 Å². The Labute approximate surface area is 150 Å². The number of amides is 2. The van der Waals surface area contributed by atoms with Gasteiger partial charge in [0.1, 0.15) is 0 Å². The van der Waals surface area contributed by atoms with E-state index in [0.717, 1.165) is 4.88 Å². The van der Waals surface area contributed by atoms with Crippen molar-refractivity contribution in [2.24, 2.45) is 0 Å². The number of thiophene rings is 1. The van der Waals surface area contributed by atoms with Gasteiger partial charge in [-0.15, -0.1) is 11.3 Å². The number of carbonyl (C=O) groups excluding carboxylic acids is 2. The van der Waals surface area contributed by atoms with E-state index >= 15 is 0 Å². The number of anilines is 2. The van der Waals surface area contributed by atoms with E-state index in [0.29, 0.717) is 44.4 Å². The van der Waals surface area contributed by atoms with Crippen molar-refractivity contribution in [3.05, 3.63) is 40.2 Å². The van der Waals surface area contributed by atoms with Gasteiger partial charge in [-0.1, -0.05) is 0 Å². The van der Waals surface area contributed by atoms with Gasteiger partial charge in [-0.25, -0.2) is 4.98 Å². The number of aryl methyl sites for hydroxylation is 1. The smallest absolute Gasteiger partial charge is 0.313 e. The molecule has 25 heavy (non-hydrogen) atoms. The number of hydrogen-bond acceptors (Lipinski definition) is 6. The molecule has 1 fully saturated rings. The molecule has 1 aliphatic rings. The fourth-order valence-corrected chi connectivity index (χ4v) is 3.36. The lowest BCUT2D eigenvalue weighted by atomic mass is 10.3. The molecule has 0 spiro atoms. The van der Waals surface area contributed by atoms with Crippen molar-refractivity contribution in [3.63, 3.8) is 0 Å². The topological polar surface area (TPSA) is 83.6 Å². The van der Waals surface area contributed by atoms with Crippen LogP contribution in [-0.4, -0.2) is 43.1 Å². The normalized spacial score (nSPS) is 14.2. The van der Waals surface area contributed by atoms with E-state index < -0.39 is 11.8 Å². The van der Waals surface area contributed by atoms with Gasteiger partial charge in [0.05, 0.1) is 25.4 Å². The van der Waals surface area contributed by atoms with E-state index in [4.69, 9.17) is 4.74 Å². The van der Waals surface area contributed by atoms with Crippen LogP contribution in [0.2, 0.25) is 0 Å². The van der Waals surface area contributed by atoms with Crippen molar-refractivity contribution in [1.29, 1.82) is 0 Å². The molecule has 132 valence electrons. The molecule has 2 amide bonds. The number of ether oxygens (including phenoxy) is 1. The van der Waals surface area contributed by atoms with Crippen molar-refractivity contribution >= 4 is 34.7 Å². The summed E-state index contributed by atoms with van der Waals surface area (Å²) in [4.78, 5) is 32.8. The van der Waals surface area contributed by atoms with Crippen LogP contribution in [0.1, 0.15) is 9.75 Å². The van der Waals surface area contributed by atoms with E-state index in [1.807, 2.05) is 24.0 Å². The Morgan fingerprint density at radius 2 is 2.04 bits per heavy atom. The molecule has 0 saturated carbocycles. The van der Waals surface area contributed by atoms with E-state index in [1.165, 1.54) is 4.88 Å². The predicted molar refractivity (Wildman–Crippen MR) is 96.8 cm³/mol. The predicted octanol–water partition coefficient (Wildman–Crippen LogP) is 1.54. The van der Waals surface area contributed by atoms with Crippen molar-refractivity contribution in [2.75, 3.05) is 36.5 Å². The highest BCUT2D eigenvalue weighted by Crippen LogP contribution is 2.23. The lowest BCUT2D eigenvalue weighted by molar-refractivity contribution is -0.136. The first kappa shape index (κ1) is 17.4. The minimum absolute atomic E-state index is 0.341. The number of rotatable bonds is 4. The van der Waals surface area contributed by atoms with E-state index in [-0.39, 0.29) is 0 Å². The van der Waals surface area contributed by atoms with Crippen LogP contribution in [0.25, 0.3) is 0 Å². The van der Waals surface area contributed by atoms with E-state index in [1.54, 1.807) is 29.7 Å². The molecule has 2 N–H and O–H groups in total. The van der Waals surface area contributed by atoms with Gasteiger partial charge in [-0.05, 0) is 31.2 Å². The average molecular weight is 360 g/mol. The first-order chi connectivity index (χ1) is 12.1. The zero-order chi connectivity index (χ0) is 17.6. The molecule has 3 heterocycles. The molecule has 3 rings (SSSR count). The molecule has 2 aromatic rings. The number of pyridine rings is 1. The third-order valence-corrected chi connectivity index (χ3v) is 4.77. The highest BCUT2D eigenvalue weighted by atomic mass is 32.1. The Kier molecular flexibility index (Phi) is 5.62. The summed E-state index contributed by atoms with van der Waals surface area (Å²) in [7, 11) is 0. The summed E-state index contributed by atoms with van der Waals surface area (Å²) in [6, 6.07) is 7.39. The van der Waals surface area contributed by atoms with Crippen LogP contribution in [0.15, 0.2) is 30.5 Å². The van der Waals surface area contributed by atoms with Crippen molar-refractivity contribution < 1.29 is 14.3 Å². The molecular formula is C17H20N4O3S. The monoisotopic (exact) mass is 360 g/mol. The van der Waals surface area contributed by atoms with E-state index in [9.17, 15) is 9.59 Å². The van der Waals surface area contributed by atoms with E-state index in [2.05, 4.69) is 15.6 Å². The Hall–Kier alpha value is -2.45. The summed E-state index contributed by atoms with van der Waals surface area (Å²) in [6.07, 6.45) is 1.67. The third kappa shape index (κ3) is 4.55. The maximum Gasteiger partial charge on any atom is 0.313 e. The summed E-state index contributed by atoms with van der Waals surface area (Å²) in [6.45, 7) is 4.97. The van der Waals surface area contributed by atoms with Gasteiger partial charge >= 0.3 is 11.8 Å². The Morgan fingerprint density at radius 1 is 1.24 bits per heavy atom. The lowest BCUT2D eigenvalue weighted by Gasteiger charge is -2.29. The maximum absolute atomic E-state index is 12.2. The number of nitrogens with one attached hydrogen (secondary N) is 2. The van der Waals surface area contributed by atoms with Gasteiger partial charge < -0.3 is 20.3 Å². The average Bonchev–Trinajstić information content (AvgIpc) is 3.06. The van der Waals surface area contributed by atoms with Gasteiger partial charge in [0.15, 0.2) is 5.82 Å². The minimum atomic E-state index is -0.698. The summed E-state index contributed by atoms with van der Waals surface area (Å²) in [5, 5.41) is 5.29. The minimum Gasteiger partial charge on any atom is -0.378 e. The second-order valence-corrected chi connectivity index (χ2v) is 7.00. The van der Waals surface area contributed by atoms with Crippen molar-refractivity contribution in [2.45, 2.75) is 13.5 Å². The Bertz CT molecular complexity index is 756. The Morgan fingerprint density at radius 3 is 2.76 bits per heavy atom. The number of nitrogens with zero attached hydrogens (tertiary/aromatic N) is 2. The maximum atomic E-state index is 12.2. The lowest BCUT2D eigenvalue weighted by Crippen LogP contribution is -2.38. The first-order valence-corrected chi connectivity index (χ1v) is 8.87. The third-order valence-electron chi connectivity index (χ3n) is 3.77. The quantitative estimate of drug-likeness (QED) is 0.808. The number of hydrogen-bond donors (Lipinski definition) is 2. The SMILES string of the molecule is Cc1ccc(CNC(=O)C(=O)Nc2cccnc2N2CCOCC2)s1. The fraction of sp³-hybridized carbons (Fsp3) is 0.353. The summed E-state index contributed by atoms with van der Waals surface area (Å²) < 4.78 is 5.34. The highest BCUT2D eigenvalue weighted by Gasteiger charge is 2.20. The molecule has 7 nitrogen and oxygen atoms in total. The number of carbonyl (C=O) groups is 2. The molecule has 0 radical (unpaired) electrons. The van der Waals surface area contributed by atoms with Crippen molar-refractivity contribution in [1.82, 2.24) is 10.3 Å². The van der Waals surface area contributed by atoms with Crippen LogP contribution in [0.5, 0.6) is 0 Å². The van der Waals surface area contributed by atoms with Gasteiger partial charge in [-0.3, -0.25) is 9.59 Å². The molecule has 1 aliphatic heterocycles. The standard InChI is InChI=1S/C17H20N4O3S/c1-12-4-5-13(25-12)11-19-16(22)17(23)20-14-3-2-6-18-15(14)21-7-9-24-10-8-21/h2-6H,7-11H2,1H3,(H,19,22)(H,20,23). The van der Waals surface area contributed by atoms with Crippen LogP contribution in [0, 0.1) is 6.92 Å². The molecule has 0 bridgehead atoms. The highest BCUT2D eigenvalue weighted by molar-refractivity contribution is 7.11. The Balaban J connectivity index is 1.61. The van der Waals surface area contributed by atoms with Crippen LogP contribution in [0.4, 0.5) is 11.5 Å². The zero-order valence-electron chi connectivity index (χ0n) is 13.9. The molecule has 8 heteroatoms. The van der Waals surface area contributed by atoms with Gasteiger partial charge in [0, 0.05) is 29.0 Å². The summed E-state index contributed by atoms with van der Waals surface area (Å²) >= 11 is 1.59. The van der Waals surface area contributed by atoms with Gasteiger partial charge in [0.25, 0.3) is 0 Å². The van der Waals surface area contributed by atoms with Crippen molar-refractivity contribution in [3.8, 4) is 0 Å². The molecule has 0 aromatic carbocycles. The largest absolute Gasteiger partial charge is 0.378 e. The summed E-state index contributed by atoms with van der Waals surface area (Å²) in [5.74, 6) is -0.709. The molecule has 0 unspecified atom stereocenters. The second-order valence-electron chi connectivity index (χ2n) is 5.62. The first-order valence-electron chi connectivity index (χ1n) is 8.05. The zero-order valence-corrected chi connectivity index (χ0v) is 14.8. The van der Waals surface area contributed by atoms with Crippen LogP contribution < -0.4 is 15.5 Å². The van der Waals surface area contributed by atoms with Crippen LogP contribution in [-0.2, 0) is 20.9 Å². The molecular weight excluding hydrogens is 340 g/mol. The number of aromatic nitrogens is 1. The second kappa shape index (κ2) is 8.09. The molecule has 1 saturated heterocycles. The molecule has 2 aromatic heterocycles. The van der Waals surface area contributed by atoms with Crippen LogP contribution in [0.3, 0.4) is 0 Å². The fourth-order valence-electron chi connectivity index (χ4n) is 2.53.